The molecular weight excluding hydrogens is 310 g/mol. The third-order valence-electron chi connectivity index (χ3n) is 3.84. The van der Waals surface area contributed by atoms with E-state index in [1.807, 2.05) is 60.7 Å². The topological polar surface area (TPSA) is 57.9 Å². The van der Waals surface area contributed by atoms with Crippen molar-refractivity contribution in [1.82, 2.24) is 4.98 Å². The van der Waals surface area contributed by atoms with E-state index in [1.165, 1.54) is 0 Å². The Kier molecular flexibility index (Phi) is 5.76. The second-order valence-electron chi connectivity index (χ2n) is 5.62. The highest BCUT2D eigenvalue weighted by Gasteiger charge is 2.14. The molecule has 1 N–H and O–H groups in total. The van der Waals surface area contributed by atoms with Gasteiger partial charge in [0.25, 0.3) is 0 Å². The number of hydrogen-bond donors (Lipinski definition) is 1. The van der Waals surface area contributed by atoms with E-state index in [-0.39, 0.29) is 6.04 Å². The molecule has 0 amide bonds. The Morgan fingerprint density at radius 1 is 0.960 bits per heavy atom. The van der Waals surface area contributed by atoms with Crippen LogP contribution in [0.3, 0.4) is 0 Å². The Labute approximate surface area is 147 Å². The van der Waals surface area contributed by atoms with Crippen LogP contribution in [0, 0.1) is 11.3 Å². The smallest absolute Gasteiger partial charge is 0.144 e. The summed E-state index contributed by atoms with van der Waals surface area (Å²) >= 11 is 0. The number of hydrogen-bond acceptors (Lipinski definition) is 4. The first-order valence-electron chi connectivity index (χ1n) is 8.15. The van der Waals surface area contributed by atoms with E-state index in [0.717, 1.165) is 11.1 Å². The maximum atomic E-state index is 9.27. The summed E-state index contributed by atoms with van der Waals surface area (Å²) in [5.74, 6) is 0.571. The normalized spacial score (nSPS) is 11.5. The number of rotatable bonds is 7. The van der Waals surface area contributed by atoms with Crippen LogP contribution < -0.4 is 5.32 Å². The average Bonchev–Trinajstić information content (AvgIpc) is 2.69. The van der Waals surface area contributed by atoms with Crippen molar-refractivity contribution < 1.29 is 4.74 Å². The number of nitrogens with one attached hydrogen (secondary N) is 1. The highest BCUT2D eigenvalue weighted by molar-refractivity contribution is 5.52. The number of ether oxygens (including phenoxy) is 1. The van der Waals surface area contributed by atoms with Gasteiger partial charge in [-0.2, -0.15) is 5.26 Å². The lowest BCUT2D eigenvalue weighted by atomic mass is 10.1. The van der Waals surface area contributed by atoms with Crippen molar-refractivity contribution in [2.75, 3.05) is 11.9 Å². The van der Waals surface area contributed by atoms with Gasteiger partial charge in [-0.25, -0.2) is 4.98 Å². The van der Waals surface area contributed by atoms with Crippen molar-refractivity contribution >= 4 is 5.82 Å². The van der Waals surface area contributed by atoms with E-state index in [4.69, 9.17) is 4.74 Å². The molecule has 1 unspecified atom stereocenters. The van der Waals surface area contributed by atoms with Gasteiger partial charge >= 0.3 is 0 Å². The van der Waals surface area contributed by atoms with Crippen LogP contribution in [0.4, 0.5) is 5.82 Å². The fourth-order valence-electron chi connectivity index (χ4n) is 2.55. The number of nitrogens with zero attached hydrogens (tertiary/aromatic N) is 2. The first kappa shape index (κ1) is 16.7. The molecule has 1 heterocycles. The van der Waals surface area contributed by atoms with Crippen LogP contribution in [0.15, 0.2) is 79.0 Å². The summed E-state index contributed by atoms with van der Waals surface area (Å²) in [4.78, 5) is 4.29. The molecular formula is C21H19N3O. The van der Waals surface area contributed by atoms with E-state index in [9.17, 15) is 5.26 Å². The van der Waals surface area contributed by atoms with Gasteiger partial charge in [0, 0.05) is 6.20 Å². The van der Waals surface area contributed by atoms with Crippen LogP contribution in [0.1, 0.15) is 22.7 Å². The molecule has 0 aliphatic carbocycles. The predicted molar refractivity (Wildman–Crippen MR) is 97.9 cm³/mol. The molecule has 0 bridgehead atoms. The minimum absolute atomic E-state index is 0.0908. The zero-order chi connectivity index (χ0) is 17.3. The first-order valence-corrected chi connectivity index (χ1v) is 8.15. The number of anilines is 1. The van der Waals surface area contributed by atoms with E-state index in [2.05, 4.69) is 16.4 Å². The highest BCUT2D eigenvalue weighted by atomic mass is 16.5. The monoisotopic (exact) mass is 329 g/mol. The Bertz CT molecular complexity index is 829. The van der Waals surface area contributed by atoms with Gasteiger partial charge in [0.15, 0.2) is 0 Å². The maximum Gasteiger partial charge on any atom is 0.144 e. The lowest BCUT2D eigenvalue weighted by Gasteiger charge is -2.20. The Morgan fingerprint density at radius 3 is 2.40 bits per heavy atom. The molecule has 0 spiro atoms. The summed E-state index contributed by atoms with van der Waals surface area (Å²) in [5.41, 5.74) is 2.74. The molecule has 1 aromatic heterocycles. The van der Waals surface area contributed by atoms with Crippen LogP contribution in [-0.4, -0.2) is 11.6 Å². The predicted octanol–water partition coefficient (Wildman–Crippen LogP) is 4.32. The van der Waals surface area contributed by atoms with Gasteiger partial charge < -0.3 is 10.1 Å². The maximum absolute atomic E-state index is 9.27. The highest BCUT2D eigenvalue weighted by Crippen LogP contribution is 2.21. The van der Waals surface area contributed by atoms with Crippen molar-refractivity contribution in [3.8, 4) is 6.07 Å². The Hall–Kier alpha value is -3.16. The zero-order valence-electron chi connectivity index (χ0n) is 13.8. The van der Waals surface area contributed by atoms with Crippen LogP contribution in [0.25, 0.3) is 0 Å². The second-order valence-corrected chi connectivity index (χ2v) is 5.62. The van der Waals surface area contributed by atoms with Crippen LogP contribution >= 0.6 is 0 Å². The number of benzene rings is 2. The lowest BCUT2D eigenvalue weighted by molar-refractivity contribution is 0.112. The molecule has 124 valence electrons. The number of pyridine rings is 1. The van der Waals surface area contributed by atoms with Gasteiger partial charge in [-0.05, 0) is 23.3 Å². The van der Waals surface area contributed by atoms with Crippen LogP contribution in [0.5, 0.6) is 0 Å². The van der Waals surface area contributed by atoms with E-state index >= 15 is 0 Å². The molecule has 0 aliphatic heterocycles. The second kappa shape index (κ2) is 8.62. The number of nitriles is 1. The molecule has 0 aliphatic rings. The third kappa shape index (κ3) is 4.66. The molecule has 4 nitrogen and oxygen atoms in total. The summed E-state index contributed by atoms with van der Waals surface area (Å²) in [6, 6.07) is 25.7. The van der Waals surface area contributed by atoms with Crippen molar-refractivity contribution in [3.05, 3.63) is 95.7 Å². The van der Waals surface area contributed by atoms with Crippen molar-refractivity contribution in [3.63, 3.8) is 0 Å². The largest absolute Gasteiger partial charge is 0.374 e. The summed E-state index contributed by atoms with van der Waals surface area (Å²) in [6.45, 7) is 1.01. The van der Waals surface area contributed by atoms with Gasteiger partial charge in [0.05, 0.1) is 24.8 Å². The molecule has 4 heteroatoms. The fourth-order valence-corrected chi connectivity index (χ4v) is 2.55. The van der Waals surface area contributed by atoms with Crippen LogP contribution in [0.2, 0.25) is 0 Å². The fraction of sp³-hybridized carbons (Fsp3) is 0.143. The molecule has 3 aromatic rings. The van der Waals surface area contributed by atoms with Crippen LogP contribution in [-0.2, 0) is 11.3 Å². The standard InChI is InChI=1S/C21H19N3O/c22-14-19-12-7-13-23-21(19)24-20(18-10-5-2-6-11-18)16-25-15-17-8-3-1-4-9-17/h1-13,20H,15-16H2,(H,23,24). The SMILES string of the molecule is N#Cc1cccnc1NC(COCc1ccccc1)c1ccccc1. The van der Waals surface area contributed by atoms with Crippen molar-refractivity contribution in [2.45, 2.75) is 12.6 Å². The van der Waals surface area contributed by atoms with E-state index in [0.29, 0.717) is 24.6 Å². The zero-order valence-corrected chi connectivity index (χ0v) is 13.8. The minimum atomic E-state index is -0.0908. The molecule has 3 rings (SSSR count). The van der Waals surface area contributed by atoms with Gasteiger partial charge in [0.2, 0.25) is 0 Å². The quantitative estimate of drug-likeness (QED) is 0.701. The molecule has 0 radical (unpaired) electrons. The molecule has 0 fully saturated rings. The lowest BCUT2D eigenvalue weighted by Crippen LogP contribution is -2.18. The van der Waals surface area contributed by atoms with Gasteiger partial charge in [-0.1, -0.05) is 60.7 Å². The molecule has 25 heavy (non-hydrogen) atoms. The van der Waals surface area contributed by atoms with Gasteiger partial charge in [0.1, 0.15) is 11.9 Å². The molecule has 0 saturated carbocycles. The minimum Gasteiger partial charge on any atom is -0.374 e. The molecule has 2 aromatic carbocycles. The summed E-state index contributed by atoms with van der Waals surface area (Å²) < 4.78 is 5.91. The van der Waals surface area contributed by atoms with E-state index < -0.39 is 0 Å². The summed E-state index contributed by atoms with van der Waals surface area (Å²) in [5, 5.41) is 12.6. The average molecular weight is 329 g/mol. The summed E-state index contributed by atoms with van der Waals surface area (Å²) in [6.07, 6.45) is 1.68. The summed E-state index contributed by atoms with van der Waals surface area (Å²) in [7, 11) is 0. The molecule has 0 saturated heterocycles. The van der Waals surface area contributed by atoms with Crippen molar-refractivity contribution in [2.24, 2.45) is 0 Å². The third-order valence-corrected chi connectivity index (χ3v) is 3.84. The molecule has 1 atom stereocenters. The Balaban J connectivity index is 1.73. The number of aromatic nitrogens is 1. The van der Waals surface area contributed by atoms with Crippen molar-refractivity contribution in [1.29, 1.82) is 5.26 Å². The first-order chi connectivity index (χ1) is 12.4. The van der Waals surface area contributed by atoms with E-state index in [1.54, 1.807) is 18.3 Å². The Morgan fingerprint density at radius 2 is 1.68 bits per heavy atom. The van der Waals surface area contributed by atoms with Gasteiger partial charge in [-0.15, -0.1) is 0 Å². The van der Waals surface area contributed by atoms with Gasteiger partial charge in [-0.3, -0.25) is 0 Å².